The molecule has 12 heteroatoms. The molecule has 9 nitrogen and oxygen atoms in total. The van der Waals surface area contributed by atoms with Gasteiger partial charge in [-0.1, -0.05) is 16.8 Å². The van der Waals surface area contributed by atoms with Crippen LogP contribution in [-0.4, -0.2) is 42.3 Å². The molecule has 1 aliphatic heterocycles. The maximum Gasteiger partial charge on any atom is 0.280 e. The fourth-order valence-corrected chi connectivity index (χ4v) is 4.82. The summed E-state index contributed by atoms with van der Waals surface area (Å²) < 4.78 is 36.0. The lowest BCUT2D eigenvalue weighted by molar-refractivity contribution is 0.363. The summed E-state index contributed by atoms with van der Waals surface area (Å²) in [5.74, 6) is 0.0932. The van der Waals surface area contributed by atoms with E-state index in [9.17, 15) is 13.6 Å². The second-order valence-electron chi connectivity index (χ2n) is 8.23. The zero-order valence-electron chi connectivity index (χ0n) is 16.7. The lowest BCUT2D eigenvalue weighted by Gasteiger charge is -2.22. The van der Waals surface area contributed by atoms with E-state index in [-0.39, 0.29) is 34.9 Å². The Kier molecular flexibility index (Phi) is 4.13. The van der Waals surface area contributed by atoms with Crippen LogP contribution in [0.25, 0.3) is 11.2 Å². The molecule has 0 amide bonds. The van der Waals surface area contributed by atoms with E-state index in [1.165, 1.54) is 23.3 Å². The molecule has 32 heavy (non-hydrogen) atoms. The van der Waals surface area contributed by atoms with Gasteiger partial charge in [0.25, 0.3) is 5.56 Å². The first kappa shape index (κ1) is 19.4. The van der Waals surface area contributed by atoms with Crippen LogP contribution in [0.15, 0.2) is 34.1 Å². The lowest BCUT2D eigenvalue weighted by Crippen LogP contribution is -2.25. The van der Waals surface area contributed by atoms with E-state index < -0.39 is 11.6 Å². The van der Waals surface area contributed by atoms with Crippen molar-refractivity contribution in [3.63, 3.8) is 0 Å². The van der Waals surface area contributed by atoms with Crippen molar-refractivity contribution in [2.24, 2.45) is 18.9 Å². The van der Waals surface area contributed by atoms with E-state index in [4.69, 9.17) is 16.1 Å². The number of anilines is 1. The summed E-state index contributed by atoms with van der Waals surface area (Å²) in [5, 5.41) is 3.99. The van der Waals surface area contributed by atoms with Gasteiger partial charge in [0.2, 0.25) is 5.89 Å². The van der Waals surface area contributed by atoms with Gasteiger partial charge in [-0.15, -0.1) is 0 Å². The minimum absolute atomic E-state index is 0.102. The number of fused-ring (bicyclic) bond motifs is 2. The molecule has 1 saturated heterocycles. The Balaban J connectivity index is 1.17. The van der Waals surface area contributed by atoms with Crippen LogP contribution in [-0.2, 0) is 13.6 Å². The number of hydrogen-bond donors (Lipinski definition) is 0. The fraction of sp³-hybridized carbons (Fsp3) is 0.350. The molecule has 4 heterocycles. The second kappa shape index (κ2) is 6.83. The minimum Gasteiger partial charge on any atom is -0.368 e. The van der Waals surface area contributed by atoms with Crippen LogP contribution in [0.4, 0.5) is 14.5 Å². The number of rotatable bonds is 4. The molecule has 2 unspecified atom stereocenters. The molecular weight excluding hydrogens is 444 g/mol. The molecule has 0 spiro atoms. The van der Waals surface area contributed by atoms with Crippen LogP contribution in [0, 0.1) is 23.5 Å². The summed E-state index contributed by atoms with van der Waals surface area (Å²) in [5.41, 5.74) is 0.841. The largest absolute Gasteiger partial charge is 0.368 e. The van der Waals surface area contributed by atoms with Crippen LogP contribution in [0.1, 0.15) is 17.6 Å². The number of hydrogen-bond acceptors (Lipinski definition) is 7. The van der Waals surface area contributed by atoms with Crippen molar-refractivity contribution in [3.8, 4) is 0 Å². The molecule has 164 valence electrons. The summed E-state index contributed by atoms with van der Waals surface area (Å²) in [6.07, 6.45) is 2.95. The van der Waals surface area contributed by atoms with Crippen molar-refractivity contribution < 1.29 is 13.3 Å². The third kappa shape index (κ3) is 2.91. The molecular formula is C20H16ClF2N7O2. The van der Waals surface area contributed by atoms with Gasteiger partial charge in [-0.2, -0.15) is 4.98 Å². The highest BCUT2D eigenvalue weighted by molar-refractivity contribution is 6.31. The van der Waals surface area contributed by atoms with E-state index >= 15 is 0 Å². The Morgan fingerprint density at radius 2 is 1.91 bits per heavy atom. The Labute approximate surface area is 184 Å². The molecule has 0 bridgehead atoms. The van der Waals surface area contributed by atoms with Crippen molar-refractivity contribution in [1.29, 1.82) is 0 Å². The number of aromatic nitrogens is 6. The highest BCUT2D eigenvalue weighted by atomic mass is 35.5. The Morgan fingerprint density at radius 1 is 1.16 bits per heavy atom. The molecule has 1 saturated carbocycles. The lowest BCUT2D eigenvalue weighted by atomic mass is 10.2. The second-order valence-corrected chi connectivity index (χ2v) is 8.64. The predicted octanol–water partition coefficient (Wildman–Crippen LogP) is 2.34. The molecule has 1 aromatic carbocycles. The van der Waals surface area contributed by atoms with E-state index in [1.54, 1.807) is 11.6 Å². The highest BCUT2D eigenvalue weighted by Gasteiger charge is 2.58. The van der Waals surface area contributed by atoms with E-state index in [1.807, 2.05) is 4.90 Å². The third-order valence-electron chi connectivity index (χ3n) is 6.31. The molecule has 1 aliphatic carbocycles. The zero-order chi connectivity index (χ0) is 22.1. The van der Waals surface area contributed by atoms with Gasteiger partial charge in [0, 0.05) is 32.1 Å². The first-order chi connectivity index (χ1) is 15.4. The number of halogens is 3. The highest BCUT2D eigenvalue weighted by Crippen LogP contribution is 2.58. The molecule has 2 atom stereocenters. The van der Waals surface area contributed by atoms with Crippen LogP contribution in [0.5, 0.6) is 0 Å². The maximum absolute atomic E-state index is 14.2. The summed E-state index contributed by atoms with van der Waals surface area (Å²) in [7, 11) is 1.73. The average molecular weight is 460 g/mol. The fourth-order valence-electron chi connectivity index (χ4n) is 4.66. The number of aryl methyl sites for hydroxylation is 1. The molecule has 2 aliphatic rings. The van der Waals surface area contributed by atoms with Crippen LogP contribution < -0.4 is 10.5 Å². The first-order valence-electron chi connectivity index (χ1n) is 9.99. The average Bonchev–Trinajstić information content (AvgIpc) is 3.18. The van der Waals surface area contributed by atoms with Crippen LogP contribution in [0.3, 0.4) is 0 Å². The van der Waals surface area contributed by atoms with Gasteiger partial charge in [-0.25, -0.2) is 18.7 Å². The minimum atomic E-state index is -0.772. The first-order valence-corrected chi connectivity index (χ1v) is 10.4. The van der Waals surface area contributed by atoms with Gasteiger partial charge in [-0.3, -0.25) is 9.36 Å². The van der Waals surface area contributed by atoms with Crippen molar-refractivity contribution in [2.75, 3.05) is 18.0 Å². The van der Waals surface area contributed by atoms with Crippen molar-refractivity contribution in [2.45, 2.75) is 12.5 Å². The van der Waals surface area contributed by atoms with Gasteiger partial charge in [0.1, 0.15) is 24.5 Å². The summed E-state index contributed by atoms with van der Waals surface area (Å²) in [6, 6.07) is 2.13. The summed E-state index contributed by atoms with van der Waals surface area (Å²) in [6.45, 7) is 1.30. The Bertz CT molecular complexity index is 1420. The summed E-state index contributed by atoms with van der Waals surface area (Å²) >= 11 is 5.82. The maximum atomic E-state index is 14.2. The van der Waals surface area contributed by atoms with Gasteiger partial charge in [-0.05, 0) is 17.9 Å². The third-order valence-corrected chi connectivity index (χ3v) is 6.60. The molecule has 4 aromatic rings. The SMILES string of the molecule is Cn1cnc2ncn(Cc3nc(C4C5CN(c6cc(Cl)c(F)cc6F)CC54)no3)c(=O)c21. The number of benzene rings is 1. The van der Waals surface area contributed by atoms with Crippen molar-refractivity contribution >= 4 is 28.5 Å². The van der Waals surface area contributed by atoms with E-state index in [2.05, 4.69) is 20.1 Å². The normalized spacial score (nSPS) is 22.0. The van der Waals surface area contributed by atoms with Crippen molar-refractivity contribution in [1.82, 2.24) is 29.2 Å². The number of nitrogens with zero attached hydrogens (tertiary/aromatic N) is 7. The van der Waals surface area contributed by atoms with Crippen LogP contribution >= 0.6 is 11.6 Å². The van der Waals surface area contributed by atoms with Gasteiger partial charge in [0.15, 0.2) is 17.0 Å². The smallest absolute Gasteiger partial charge is 0.280 e. The molecule has 0 radical (unpaired) electrons. The quantitative estimate of drug-likeness (QED) is 0.432. The van der Waals surface area contributed by atoms with Gasteiger partial charge < -0.3 is 14.0 Å². The zero-order valence-corrected chi connectivity index (χ0v) is 17.5. The van der Waals surface area contributed by atoms with E-state index in [0.29, 0.717) is 41.7 Å². The monoisotopic (exact) mass is 459 g/mol. The Morgan fingerprint density at radius 3 is 2.69 bits per heavy atom. The van der Waals surface area contributed by atoms with Crippen LogP contribution in [0.2, 0.25) is 5.02 Å². The van der Waals surface area contributed by atoms with E-state index in [0.717, 1.165) is 6.07 Å². The van der Waals surface area contributed by atoms with Gasteiger partial charge in [0.05, 0.1) is 17.0 Å². The number of imidazole rings is 1. The summed E-state index contributed by atoms with van der Waals surface area (Å²) in [4.78, 5) is 27.3. The molecule has 0 N–H and O–H groups in total. The molecule has 6 rings (SSSR count). The standard InChI is InChI=1S/C20H16ClF2N7O2/c1-28-7-24-19-17(28)20(31)30(8-25-19)6-15-26-18(27-32-15)16-9-4-29(5-10(9)16)14-2-11(21)12(22)3-13(14)23/h2-3,7-10,16H,4-6H2,1H3. The van der Waals surface area contributed by atoms with Gasteiger partial charge >= 0.3 is 0 Å². The topological polar surface area (TPSA) is 94.9 Å². The molecule has 3 aromatic heterocycles. The van der Waals surface area contributed by atoms with Crippen molar-refractivity contribution in [3.05, 3.63) is 63.5 Å². The molecule has 2 fully saturated rings. The number of piperidine rings is 1. The predicted molar refractivity (Wildman–Crippen MR) is 109 cm³/mol. The Hall–Kier alpha value is -3.34.